The lowest BCUT2D eigenvalue weighted by molar-refractivity contribution is -0.120. The van der Waals surface area contributed by atoms with Crippen molar-refractivity contribution in [3.05, 3.63) is 12.1 Å². The highest BCUT2D eigenvalue weighted by Crippen LogP contribution is 2.24. The van der Waals surface area contributed by atoms with Crippen LogP contribution in [0.5, 0.6) is 0 Å². The number of amides is 1. The van der Waals surface area contributed by atoms with E-state index in [-0.39, 0.29) is 11.8 Å². The SMILES string of the molecule is CN(C)CCNc1ccc(NC(=O)C2CCCCC2)nn1. The van der Waals surface area contributed by atoms with Gasteiger partial charge in [-0.05, 0) is 39.1 Å². The molecule has 2 rings (SSSR count). The van der Waals surface area contributed by atoms with E-state index in [0.717, 1.165) is 44.6 Å². The summed E-state index contributed by atoms with van der Waals surface area (Å²) >= 11 is 0. The maximum Gasteiger partial charge on any atom is 0.228 e. The van der Waals surface area contributed by atoms with Crippen LogP contribution in [0.15, 0.2) is 12.1 Å². The van der Waals surface area contributed by atoms with Gasteiger partial charge in [0.15, 0.2) is 5.82 Å². The summed E-state index contributed by atoms with van der Waals surface area (Å²) in [5.41, 5.74) is 0. The third-order valence-corrected chi connectivity index (χ3v) is 3.76. The monoisotopic (exact) mass is 291 g/mol. The van der Waals surface area contributed by atoms with E-state index in [9.17, 15) is 4.79 Å². The first kappa shape index (κ1) is 15.7. The molecule has 1 saturated carbocycles. The maximum atomic E-state index is 12.1. The molecule has 0 bridgehead atoms. The highest BCUT2D eigenvalue weighted by molar-refractivity contribution is 5.91. The fourth-order valence-electron chi connectivity index (χ4n) is 2.49. The lowest BCUT2D eigenvalue weighted by atomic mass is 9.89. The van der Waals surface area contributed by atoms with Gasteiger partial charge < -0.3 is 15.5 Å². The molecule has 21 heavy (non-hydrogen) atoms. The van der Waals surface area contributed by atoms with E-state index in [0.29, 0.717) is 5.82 Å². The number of hydrogen-bond donors (Lipinski definition) is 2. The van der Waals surface area contributed by atoms with Crippen LogP contribution in [0, 0.1) is 5.92 Å². The van der Waals surface area contributed by atoms with E-state index in [1.165, 1.54) is 6.42 Å². The maximum absolute atomic E-state index is 12.1. The van der Waals surface area contributed by atoms with Gasteiger partial charge in [-0.2, -0.15) is 0 Å². The van der Waals surface area contributed by atoms with E-state index in [1.54, 1.807) is 6.07 Å². The largest absolute Gasteiger partial charge is 0.367 e. The molecular formula is C15H25N5O. The minimum Gasteiger partial charge on any atom is -0.367 e. The van der Waals surface area contributed by atoms with E-state index in [1.807, 2.05) is 20.2 Å². The van der Waals surface area contributed by atoms with Crippen molar-refractivity contribution in [2.75, 3.05) is 37.8 Å². The minimum atomic E-state index is 0.0808. The number of nitrogens with zero attached hydrogens (tertiary/aromatic N) is 3. The molecule has 1 aromatic heterocycles. The van der Waals surface area contributed by atoms with Crippen LogP contribution in [-0.4, -0.2) is 48.2 Å². The highest BCUT2D eigenvalue weighted by Gasteiger charge is 2.21. The van der Waals surface area contributed by atoms with E-state index < -0.39 is 0 Å². The van der Waals surface area contributed by atoms with Crippen LogP contribution in [0.1, 0.15) is 32.1 Å². The summed E-state index contributed by atoms with van der Waals surface area (Å²) in [5, 5.41) is 14.2. The molecule has 1 fully saturated rings. The Morgan fingerprint density at radius 3 is 2.48 bits per heavy atom. The molecule has 1 amide bonds. The number of aromatic nitrogens is 2. The third-order valence-electron chi connectivity index (χ3n) is 3.76. The predicted octanol–water partition coefficient (Wildman–Crippen LogP) is 1.97. The molecule has 1 heterocycles. The molecule has 0 atom stereocenters. The molecule has 0 unspecified atom stereocenters. The molecule has 1 aliphatic carbocycles. The van der Waals surface area contributed by atoms with Crippen molar-refractivity contribution < 1.29 is 4.79 Å². The number of hydrogen-bond acceptors (Lipinski definition) is 5. The molecule has 1 aliphatic rings. The van der Waals surface area contributed by atoms with Crippen LogP contribution in [0.25, 0.3) is 0 Å². The van der Waals surface area contributed by atoms with Crippen molar-refractivity contribution in [3.8, 4) is 0 Å². The van der Waals surface area contributed by atoms with Crippen LogP contribution >= 0.6 is 0 Å². The average molecular weight is 291 g/mol. The van der Waals surface area contributed by atoms with E-state index in [4.69, 9.17) is 0 Å². The van der Waals surface area contributed by atoms with E-state index in [2.05, 4.69) is 25.7 Å². The summed E-state index contributed by atoms with van der Waals surface area (Å²) in [6, 6.07) is 3.64. The Hall–Kier alpha value is -1.69. The third kappa shape index (κ3) is 5.30. The summed E-state index contributed by atoms with van der Waals surface area (Å²) in [7, 11) is 4.05. The van der Waals surface area contributed by atoms with Crippen LogP contribution in [0.4, 0.5) is 11.6 Å². The van der Waals surface area contributed by atoms with Crippen molar-refractivity contribution >= 4 is 17.5 Å². The predicted molar refractivity (Wildman–Crippen MR) is 84.3 cm³/mol. The van der Waals surface area contributed by atoms with Crippen molar-refractivity contribution in [2.45, 2.75) is 32.1 Å². The second-order valence-corrected chi connectivity index (χ2v) is 5.86. The first-order valence-corrected chi connectivity index (χ1v) is 7.68. The summed E-state index contributed by atoms with van der Waals surface area (Å²) in [5.74, 6) is 1.48. The number of rotatable bonds is 6. The smallest absolute Gasteiger partial charge is 0.228 e. The normalized spacial score (nSPS) is 16.0. The lowest BCUT2D eigenvalue weighted by Gasteiger charge is -2.20. The molecular weight excluding hydrogens is 266 g/mol. The fraction of sp³-hybridized carbons (Fsp3) is 0.667. The van der Waals surface area contributed by atoms with Gasteiger partial charge in [0, 0.05) is 19.0 Å². The Bertz CT molecular complexity index is 440. The number of likely N-dealkylation sites (N-methyl/N-ethyl adjacent to an activating group) is 1. The Morgan fingerprint density at radius 2 is 1.86 bits per heavy atom. The summed E-state index contributed by atoms with van der Waals surface area (Å²) in [4.78, 5) is 14.2. The quantitative estimate of drug-likeness (QED) is 0.838. The van der Waals surface area contributed by atoms with Gasteiger partial charge in [-0.15, -0.1) is 10.2 Å². The zero-order valence-corrected chi connectivity index (χ0v) is 12.9. The molecule has 2 N–H and O–H groups in total. The van der Waals surface area contributed by atoms with Crippen molar-refractivity contribution in [3.63, 3.8) is 0 Å². The van der Waals surface area contributed by atoms with Gasteiger partial charge in [0.25, 0.3) is 0 Å². The van der Waals surface area contributed by atoms with Gasteiger partial charge in [0.2, 0.25) is 5.91 Å². The second kappa shape index (κ2) is 7.93. The van der Waals surface area contributed by atoms with Crippen LogP contribution in [0.3, 0.4) is 0 Å². The molecule has 0 aromatic carbocycles. The second-order valence-electron chi connectivity index (χ2n) is 5.86. The Morgan fingerprint density at radius 1 is 1.19 bits per heavy atom. The Labute approximate surface area is 126 Å². The van der Waals surface area contributed by atoms with Crippen molar-refractivity contribution in [1.82, 2.24) is 15.1 Å². The number of carbonyl (C=O) groups excluding carboxylic acids is 1. The van der Waals surface area contributed by atoms with Crippen LogP contribution in [-0.2, 0) is 4.79 Å². The first-order chi connectivity index (χ1) is 10.1. The van der Waals surface area contributed by atoms with Gasteiger partial charge in [-0.1, -0.05) is 19.3 Å². The van der Waals surface area contributed by atoms with Crippen LogP contribution < -0.4 is 10.6 Å². The van der Waals surface area contributed by atoms with Gasteiger partial charge in [-0.25, -0.2) is 0 Å². The Kier molecular flexibility index (Phi) is 5.92. The zero-order valence-electron chi connectivity index (χ0n) is 12.9. The molecule has 116 valence electrons. The zero-order chi connectivity index (χ0) is 15.1. The first-order valence-electron chi connectivity index (χ1n) is 7.68. The molecule has 0 spiro atoms. The standard InChI is InChI=1S/C15H25N5O/c1-20(2)11-10-16-13-8-9-14(19-18-13)17-15(21)12-6-4-3-5-7-12/h8-9,12H,3-7,10-11H2,1-2H3,(H,16,18)(H,17,19,21). The molecule has 6 heteroatoms. The van der Waals surface area contributed by atoms with Gasteiger partial charge >= 0.3 is 0 Å². The molecule has 0 aliphatic heterocycles. The topological polar surface area (TPSA) is 70.2 Å². The van der Waals surface area contributed by atoms with E-state index >= 15 is 0 Å². The number of carbonyl (C=O) groups is 1. The summed E-state index contributed by atoms with van der Waals surface area (Å²) < 4.78 is 0. The molecule has 6 nitrogen and oxygen atoms in total. The molecule has 0 radical (unpaired) electrons. The Balaban J connectivity index is 1.80. The minimum absolute atomic E-state index is 0.0808. The summed E-state index contributed by atoms with van der Waals surface area (Å²) in [6.07, 6.45) is 5.53. The number of anilines is 2. The van der Waals surface area contributed by atoms with Crippen molar-refractivity contribution in [2.24, 2.45) is 5.92 Å². The number of nitrogens with one attached hydrogen (secondary N) is 2. The summed E-state index contributed by atoms with van der Waals surface area (Å²) in [6.45, 7) is 1.75. The fourth-order valence-corrected chi connectivity index (χ4v) is 2.49. The van der Waals surface area contributed by atoms with Crippen LogP contribution in [0.2, 0.25) is 0 Å². The van der Waals surface area contributed by atoms with Gasteiger partial charge in [0.1, 0.15) is 5.82 Å². The molecule has 1 aromatic rings. The van der Waals surface area contributed by atoms with Gasteiger partial charge in [-0.3, -0.25) is 4.79 Å². The lowest BCUT2D eigenvalue weighted by Crippen LogP contribution is -2.25. The average Bonchev–Trinajstić information content (AvgIpc) is 2.49. The highest BCUT2D eigenvalue weighted by atomic mass is 16.1. The van der Waals surface area contributed by atoms with Gasteiger partial charge in [0.05, 0.1) is 0 Å². The molecule has 0 saturated heterocycles. The van der Waals surface area contributed by atoms with Crippen molar-refractivity contribution in [1.29, 1.82) is 0 Å².